The van der Waals surface area contributed by atoms with Crippen LogP contribution in [0.3, 0.4) is 0 Å². The maximum atomic E-state index is 5.90. The first-order valence-corrected chi connectivity index (χ1v) is 6.96. The van der Waals surface area contributed by atoms with Crippen molar-refractivity contribution in [2.75, 3.05) is 5.73 Å². The fraction of sp³-hybridized carbons (Fsp3) is 0.267. The molecule has 1 aromatic heterocycles. The van der Waals surface area contributed by atoms with Crippen molar-refractivity contribution < 1.29 is 0 Å². The first-order valence-electron chi connectivity index (χ1n) is 5.98. The van der Waals surface area contributed by atoms with Crippen LogP contribution in [0.15, 0.2) is 35.5 Å². The molecule has 0 aliphatic carbocycles. The lowest BCUT2D eigenvalue weighted by Crippen LogP contribution is -1.95. The summed E-state index contributed by atoms with van der Waals surface area (Å²) in [5, 5.41) is 0.914. The number of rotatable bonds is 3. The van der Waals surface area contributed by atoms with Crippen molar-refractivity contribution in [2.45, 2.75) is 31.6 Å². The Morgan fingerprint density at radius 2 is 1.83 bits per heavy atom. The summed E-state index contributed by atoms with van der Waals surface area (Å²) in [4.78, 5) is 4.31. The van der Waals surface area contributed by atoms with Gasteiger partial charge in [-0.1, -0.05) is 29.5 Å². The van der Waals surface area contributed by atoms with Gasteiger partial charge in [-0.3, -0.25) is 0 Å². The summed E-state index contributed by atoms with van der Waals surface area (Å²) in [5.74, 6) is 0.916. The fourth-order valence-corrected chi connectivity index (χ4v) is 3.21. The molecule has 1 aromatic carbocycles. The number of hydrogen-bond donors (Lipinski definition) is 1. The van der Waals surface area contributed by atoms with Crippen molar-refractivity contribution >= 4 is 17.4 Å². The van der Waals surface area contributed by atoms with Crippen LogP contribution in [0.1, 0.15) is 22.3 Å². The van der Waals surface area contributed by atoms with E-state index in [4.69, 9.17) is 5.73 Å². The van der Waals surface area contributed by atoms with Crippen LogP contribution in [0.2, 0.25) is 0 Å². The van der Waals surface area contributed by atoms with Gasteiger partial charge in [-0.15, -0.1) is 0 Å². The van der Waals surface area contributed by atoms with Gasteiger partial charge in [-0.2, -0.15) is 0 Å². The van der Waals surface area contributed by atoms with Gasteiger partial charge in [0.25, 0.3) is 0 Å². The van der Waals surface area contributed by atoms with Gasteiger partial charge in [0, 0.05) is 11.9 Å². The summed E-state index contributed by atoms with van der Waals surface area (Å²) >= 11 is 1.70. The Morgan fingerprint density at radius 3 is 2.44 bits per heavy atom. The second kappa shape index (κ2) is 5.44. The minimum Gasteiger partial charge on any atom is -0.397 e. The van der Waals surface area contributed by atoms with E-state index in [1.807, 2.05) is 12.1 Å². The lowest BCUT2D eigenvalue weighted by atomic mass is 10.0. The third-order valence-corrected chi connectivity index (χ3v) is 4.04. The van der Waals surface area contributed by atoms with E-state index in [0.29, 0.717) is 0 Å². The molecule has 0 aliphatic rings. The fourth-order valence-electron chi connectivity index (χ4n) is 2.10. The third kappa shape index (κ3) is 2.85. The molecule has 0 saturated carbocycles. The first kappa shape index (κ1) is 13.0. The van der Waals surface area contributed by atoms with Crippen LogP contribution in [-0.4, -0.2) is 4.98 Å². The molecular weight excluding hydrogens is 240 g/mol. The second-order valence-corrected chi connectivity index (χ2v) is 5.53. The molecule has 3 heteroatoms. The maximum absolute atomic E-state index is 5.90. The molecule has 2 N–H and O–H groups in total. The first-order chi connectivity index (χ1) is 8.58. The highest BCUT2D eigenvalue weighted by Crippen LogP contribution is 2.28. The summed E-state index contributed by atoms with van der Waals surface area (Å²) in [6, 6.07) is 8.21. The molecule has 0 aliphatic heterocycles. The highest BCUT2D eigenvalue weighted by molar-refractivity contribution is 7.98. The number of nitrogens with two attached hydrogens (primary N) is 1. The van der Waals surface area contributed by atoms with Gasteiger partial charge in [-0.05, 0) is 49.6 Å². The summed E-state index contributed by atoms with van der Waals surface area (Å²) < 4.78 is 0. The zero-order chi connectivity index (χ0) is 13.1. The normalized spacial score (nSPS) is 10.6. The Kier molecular flexibility index (Phi) is 3.92. The van der Waals surface area contributed by atoms with Gasteiger partial charge in [0.1, 0.15) is 5.03 Å². The van der Waals surface area contributed by atoms with Crippen molar-refractivity contribution in [3.8, 4) is 0 Å². The van der Waals surface area contributed by atoms with Gasteiger partial charge in [0.05, 0.1) is 5.69 Å². The largest absolute Gasteiger partial charge is 0.397 e. The van der Waals surface area contributed by atoms with Crippen LogP contribution < -0.4 is 5.73 Å². The van der Waals surface area contributed by atoms with Crippen LogP contribution in [0.4, 0.5) is 5.69 Å². The van der Waals surface area contributed by atoms with Gasteiger partial charge in [-0.25, -0.2) is 4.98 Å². The summed E-state index contributed by atoms with van der Waals surface area (Å²) in [5.41, 5.74) is 12.0. The molecule has 0 saturated heterocycles. The molecular formula is C15H18N2S. The predicted molar refractivity (Wildman–Crippen MR) is 78.9 cm³/mol. The number of nitrogens with zero attached hydrogens (tertiary/aromatic N) is 1. The molecule has 2 rings (SSSR count). The van der Waals surface area contributed by atoms with Gasteiger partial charge >= 0.3 is 0 Å². The number of nitrogen functional groups attached to an aromatic ring is 1. The van der Waals surface area contributed by atoms with Crippen molar-refractivity contribution in [3.05, 3.63) is 52.7 Å². The molecule has 2 nitrogen and oxygen atoms in total. The average Bonchev–Trinajstić information content (AvgIpc) is 2.30. The minimum atomic E-state index is 0.755. The number of aromatic nitrogens is 1. The maximum Gasteiger partial charge on any atom is 0.119 e. The van der Waals surface area contributed by atoms with E-state index >= 15 is 0 Å². The number of hydrogen-bond acceptors (Lipinski definition) is 3. The highest BCUT2D eigenvalue weighted by Gasteiger charge is 2.06. The standard InChI is InChI=1S/C15H18N2S/c1-10-7-11(2)13(12(3)8-10)9-18-15-14(16)5-4-6-17-15/h4-8H,9,16H2,1-3H3. The number of anilines is 1. The van der Waals surface area contributed by atoms with Crippen LogP contribution >= 0.6 is 11.8 Å². The van der Waals surface area contributed by atoms with Gasteiger partial charge < -0.3 is 5.73 Å². The predicted octanol–water partition coefficient (Wildman–Crippen LogP) is 3.88. The summed E-state index contributed by atoms with van der Waals surface area (Å²) in [6.07, 6.45) is 1.79. The van der Waals surface area contributed by atoms with E-state index in [0.717, 1.165) is 16.5 Å². The van der Waals surface area contributed by atoms with E-state index in [2.05, 4.69) is 37.9 Å². The smallest absolute Gasteiger partial charge is 0.119 e. The Bertz CT molecular complexity index is 541. The SMILES string of the molecule is Cc1cc(C)c(CSc2ncccc2N)c(C)c1. The monoisotopic (exact) mass is 258 g/mol. The summed E-state index contributed by atoms with van der Waals surface area (Å²) in [6.45, 7) is 6.46. The molecule has 0 fully saturated rings. The average molecular weight is 258 g/mol. The topological polar surface area (TPSA) is 38.9 Å². The van der Waals surface area contributed by atoms with Crippen molar-refractivity contribution in [2.24, 2.45) is 0 Å². The molecule has 0 unspecified atom stereocenters. The molecule has 94 valence electrons. The Balaban J connectivity index is 2.19. The molecule has 0 radical (unpaired) electrons. The van der Waals surface area contributed by atoms with E-state index in [1.54, 1.807) is 18.0 Å². The van der Waals surface area contributed by atoms with E-state index in [-0.39, 0.29) is 0 Å². The Hall–Kier alpha value is -1.48. The Morgan fingerprint density at radius 1 is 1.17 bits per heavy atom. The zero-order valence-corrected chi connectivity index (χ0v) is 11.8. The quantitative estimate of drug-likeness (QED) is 0.849. The molecule has 0 atom stereocenters. The molecule has 1 heterocycles. The van der Waals surface area contributed by atoms with Crippen LogP contribution in [0.5, 0.6) is 0 Å². The summed E-state index contributed by atoms with van der Waals surface area (Å²) in [7, 11) is 0. The number of thioether (sulfide) groups is 1. The van der Waals surface area contributed by atoms with E-state index in [9.17, 15) is 0 Å². The lowest BCUT2D eigenvalue weighted by molar-refractivity contribution is 1.13. The van der Waals surface area contributed by atoms with Crippen LogP contribution in [0, 0.1) is 20.8 Å². The third-order valence-electron chi connectivity index (χ3n) is 2.99. The molecule has 18 heavy (non-hydrogen) atoms. The highest BCUT2D eigenvalue weighted by atomic mass is 32.2. The van der Waals surface area contributed by atoms with E-state index in [1.165, 1.54) is 22.3 Å². The zero-order valence-electron chi connectivity index (χ0n) is 11.0. The van der Waals surface area contributed by atoms with Gasteiger partial charge in [0.15, 0.2) is 0 Å². The van der Waals surface area contributed by atoms with Crippen molar-refractivity contribution in [1.29, 1.82) is 0 Å². The van der Waals surface area contributed by atoms with Crippen LogP contribution in [0.25, 0.3) is 0 Å². The molecule has 0 spiro atoms. The van der Waals surface area contributed by atoms with Crippen molar-refractivity contribution in [3.63, 3.8) is 0 Å². The van der Waals surface area contributed by atoms with Gasteiger partial charge in [0.2, 0.25) is 0 Å². The van der Waals surface area contributed by atoms with Crippen molar-refractivity contribution in [1.82, 2.24) is 4.98 Å². The number of pyridine rings is 1. The molecule has 2 aromatic rings. The minimum absolute atomic E-state index is 0.755. The number of benzene rings is 1. The number of aryl methyl sites for hydroxylation is 3. The van der Waals surface area contributed by atoms with Crippen LogP contribution in [-0.2, 0) is 5.75 Å². The molecule has 0 amide bonds. The second-order valence-electron chi connectivity index (χ2n) is 4.56. The molecule has 0 bridgehead atoms. The Labute approximate surface area is 113 Å². The lowest BCUT2D eigenvalue weighted by Gasteiger charge is -2.11. The van der Waals surface area contributed by atoms with E-state index < -0.39 is 0 Å².